The van der Waals surface area contributed by atoms with Gasteiger partial charge in [0.25, 0.3) is 0 Å². The topological polar surface area (TPSA) is 174 Å². The van der Waals surface area contributed by atoms with Gasteiger partial charge in [-0.2, -0.15) is 0 Å². The fraction of sp³-hybridized carbons (Fsp3) is 0.429. The highest BCUT2D eigenvalue weighted by atomic mass is 16.4. The van der Waals surface area contributed by atoms with Crippen molar-refractivity contribution < 1.29 is 39.6 Å². The Bertz CT molecular complexity index is 623. The van der Waals surface area contributed by atoms with Crippen LogP contribution in [0.3, 0.4) is 0 Å². The highest BCUT2D eigenvalue weighted by Crippen LogP contribution is 2.13. The molecule has 2 unspecified atom stereocenters. The smallest absolute Gasteiger partial charge is 0.354 e. The summed E-state index contributed by atoms with van der Waals surface area (Å²) >= 11 is 0. The molecule has 0 bridgehead atoms. The van der Waals surface area contributed by atoms with Crippen molar-refractivity contribution in [1.82, 2.24) is 0 Å². The van der Waals surface area contributed by atoms with E-state index in [1.807, 2.05) is 0 Å². The first-order valence-electron chi connectivity index (χ1n) is 6.95. The summed E-state index contributed by atoms with van der Waals surface area (Å²) < 4.78 is 0. The second-order valence-electron chi connectivity index (χ2n) is 4.94. The van der Waals surface area contributed by atoms with Crippen LogP contribution in [0, 0.1) is 0 Å². The zero-order chi connectivity index (χ0) is 18.3. The number of nitrogens with zero attached hydrogens (tertiary/aromatic N) is 2. The zero-order valence-electron chi connectivity index (χ0n) is 12.5. The van der Waals surface area contributed by atoms with Crippen LogP contribution in [-0.4, -0.2) is 67.8 Å². The van der Waals surface area contributed by atoms with Crippen LogP contribution in [0.4, 0.5) is 0 Å². The summed E-state index contributed by atoms with van der Waals surface area (Å²) in [6, 6.07) is -1.80. The summed E-state index contributed by atoms with van der Waals surface area (Å²) in [7, 11) is 0. The molecule has 0 aromatic rings. The normalized spacial score (nSPS) is 22.3. The number of carboxylic acids is 4. The number of dihydropyridines is 1. The van der Waals surface area contributed by atoms with E-state index >= 15 is 0 Å². The molecule has 2 heterocycles. The van der Waals surface area contributed by atoms with Gasteiger partial charge in [-0.15, -0.1) is 0 Å². The maximum absolute atomic E-state index is 10.4. The Hall–Kier alpha value is -3.04. The molecule has 0 amide bonds. The van der Waals surface area contributed by atoms with Gasteiger partial charge in [-0.25, -0.2) is 19.2 Å². The van der Waals surface area contributed by atoms with Gasteiger partial charge >= 0.3 is 23.9 Å². The van der Waals surface area contributed by atoms with Gasteiger partial charge in [-0.3, -0.25) is 9.98 Å². The predicted octanol–water partition coefficient (Wildman–Crippen LogP) is 0.0742. The fourth-order valence-corrected chi connectivity index (χ4v) is 1.98. The number of carboxylic acid groups (broad SMARTS) is 4. The van der Waals surface area contributed by atoms with Crippen molar-refractivity contribution in [3.63, 3.8) is 0 Å². The average molecular weight is 340 g/mol. The van der Waals surface area contributed by atoms with E-state index in [0.29, 0.717) is 19.3 Å². The third-order valence-corrected chi connectivity index (χ3v) is 3.17. The minimum atomic E-state index is -1.20. The van der Waals surface area contributed by atoms with Crippen molar-refractivity contribution in [3.05, 3.63) is 12.2 Å². The lowest BCUT2D eigenvalue weighted by molar-refractivity contribution is -0.139. The number of carbonyl (C=O) groups is 4. The van der Waals surface area contributed by atoms with Gasteiger partial charge in [0, 0.05) is 0 Å². The van der Waals surface area contributed by atoms with E-state index < -0.39 is 36.0 Å². The molecule has 0 aliphatic carbocycles. The number of aliphatic carboxylic acids is 4. The lowest BCUT2D eigenvalue weighted by Gasteiger charge is -2.14. The van der Waals surface area contributed by atoms with Crippen LogP contribution >= 0.6 is 0 Å². The van der Waals surface area contributed by atoms with Gasteiger partial charge in [0.2, 0.25) is 0 Å². The van der Waals surface area contributed by atoms with Crippen molar-refractivity contribution in [2.75, 3.05) is 0 Å². The van der Waals surface area contributed by atoms with Crippen LogP contribution in [0.1, 0.15) is 25.7 Å². The predicted molar refractivity (Wildman–Crippen MR) is 80.6 cm³/mol. The van der Waals surface area contributed by atoms with E-state index in [2.05, 4.69) is 9.98 Å². The summed E-state index contributed by atoms with van der Waals surface area (Å²) in [6.07, 6.45) is 4.45. The molecule has 2 aliphatic heterocycles. The highest BCUT2D eigenvalue weighted by molar-refractivity contribution is 6.40. The minimum absolute atomic E-state index is 0.0198. The van der Waals surface area contributed by atoms with E-state index in [4.69, 9.17) is 20.4 Å². The largest absolute Gasteiger partial charge is 0.480 e. The second kappa shape index (κ2) is 8.56. The SMILES string of the molecule is O=C(O)C1=NC(C(=O)O)CC=C1.O=C(O)C1=NC(C(=O)O)CCC1. The number of hydrogen-bond donors (Lipinski definition) is 4. The quantitative estimate of drug-likeness (QED) is 0.556. The molecule has 0 saturated heterocycles. The second-order valence-corrected chi connectivity index (χ2v) is 4.94. The van der Waals surface area contributed by atoms with Crippen LogP contribution in [0.5, 0.6) is 0 Å². The van der Waals surface area contributed by atoms with Gasteiger partial charge in [0.05, 0.1) is 0 Å². The molecule has 130 valence electrons. The van der Waals surface area contributed by atoms with Crippen molar-refractivity contribution in [2.45, 2.75) is 37.8 Å². The standard InChI is InChI=1S/C7H9NO4.C7H7NO4/c2*9-6(10)4-2-1-3-5(8-4)7(11)12/h4H,1-3H2,(H,9,10)(H,11,12);1-2,5H,3H2,(H,9,10)(H,11,12). The van der Waals surface area contributed by atoms with E-state index in [-0.39, 0.29) is 17.8 Å². The zero-order valence-corrected chi connectivity index (χ0v) is 12.5. The molecule has 10 heteroatoms. The van der Waals surface area contributed by atoms with Crippen LogP contribution in [0.2, 0.25) is 0 Å². The number of aliphatic imine (C=N–C) groups is 2. The molecule has 2 aliphatic rings. The summed E-state index contributed by atoms with van der Waals surface area (Å²) in [5.41, 5.74) is -0.220. The molecule has 0 saturated carbocycles. The minimum Gasteiger partial charge on any atom is -0.480 e. The van der Waals surface area contributed by atoms with Gasteiger partial charge in [-0.1, -0.05) is 6.08 Å². The first kappa shape index (κ1) is 19.0. The molecule has 0 aromatic heterocycles. The molecule has 0 fully saturated rings. The molecule has 2 rings (SSSR count). The first-order chi connectivity index (χ1) is 11.2. The van der Waals surface area contributed by atoms with Crippen LogP contribution in [0.15, 0.2) is 22.1 Å². The first-order valence-corrected chi connectivity index (χ1v) is 6.95. The Morgan fingerprint density at radius 3 is 2.04 bits per heavy atom. The van der Waals surface area contributed by atoms with Gasteiger partial charge in [0.15, 0.2) is 6.04 Å². The van der Waals surface area contributed by atoms with Crippen molar-refractivity contribution in [2.24, 2.45) is 9.98 Å². The lowest BCUT2D eigenvalue weighted by Crippen LogP contribution is -2.27. The van der Waals surface area contributed by atoms with E-state index in [1.165, 1.54) is 12.2 Å². The number of hydrogen-bond acceptors (Lipinski definition) is 6. The number of rotatable bonds is 4. The van der Waals surface area contributed by atoms with E-state index in [9.17, 15) is 19.2 Å². The molecule has 0 aromatic carbocycles. The van der Waals surface area contributed by atoms with Crippen molar-refractivity contribution in [1.29, 1.82) is 0 Å². The molecule has 10 nitrogen and oxygen atoms in total. The van der Waals surface area contributed by atoms with Crippen LogP contribution in [0.25, 0.3) is 0 Å². The summed E-state index contributed by atoms with van der Waals surface area (Å²) in [6.45, 7) is 0. The monoisotopic (exact) mass is 340 g/mol. The highest BCUT2D eigenvalue weighted by Gasteiger charge is 2.24. The molecular weight excluding hydrogens is 324 g/mol. The molecular formula is C14H16N2O8. The average Bonchev–Trinajstić information content (AvgIpc) is 2.55. The Morgan fingerprint density at radius 1 is 0.917 bits per heavy atom. The maximum atomic E-state index is 10.4. The molecule has 2 atom stereocenters. The summed E-state index contributed by atoms with van der Waals surface area (Å²) in [4.78, 5) is 48.7. The van der Waals surface area contributed by atoms with E-state index in [1.54, 1.807) is 0 Å². The molecule has 0 radical (unpaired) electrons. The van der Waals surface area contributed by atoms with Crippen LogP contribution < -0.4 is 0 Å². The summed E-state index contributed by atoms with van der Waals surface area (Å²) in [5, 5.41) is 34.0. The maximum Gasteiger partial charge on any atom is 0.354 e. The van der Waals surface area contributed by atoms with Gasteiger partial charge < -0.3 is 20.4 Å². The van der Waals surface area contributed by atoms with Gasteiger partial charge in [0.1, 0.15) is 17.5 Å². The fourth-order valence-electron chi connectivity index (χ4n) is 1.98. The van der Waals surface area contributed by atoms with Crippen LogP contribution in [-0.2, 0) is 19.2 Å². The third-order valence-electron chi connectivity index (χ3n) is 3.17. The Labute approximate surface area is 135 Å². The summed E-state index contributed by atoms with van der Waals surface area (Å²) in [5.74, 6) is -4.45. The molecule has 24 heavy (non-hydrogen) atoms. The Balaban J connectivity index is 0.000000240. The third kappa shape index (κ3) is 5.63. The molecule has 0 spiro atoms. The lowest BCUT2D eigenvalue weighted by atomic mass is 10.0. The molecule has 4 N–H and O–H groups in total. The Kier molecular flexibility index (Phi) is 6.78. The van der Waals surface area contributed by atoms with E-state index in [0.717, 1.165) is 0 Å². The van der Waals surface area contributed by atoms with Crippen molar-refractivity contribution in [3.8, 4) is 0 Å². The van der Waals surface area contributed by atoms with Gasteiger partial charge in [-0.05, 0) is 31.8 Å². The Morgan fingerprint density at radius 2 is 1.54 bits per heavy atom. The van der Waals surface area contributed by atoms with Crippen molar-refractivity contribution >= 4 is 35.3 Å².